The molecular formula is C11H8Br2O4. The van der Waals surface area contributed by atoms with Gasteiger partial charge in [0.1, 0.15) is 10.2 Å². The quantitative estimate of drug-likeness (QED) is 0.783. The van der Waals surface area contributed by atoms with Crippen LogP contribution in [0.15, 0.2) is 19.4 Å². The lowest BCUT2D eigenvalue weighted by Gasteiger charge is -2.00. The molecule has 0 unspecified atom stereocenters. The Labute approximate surface area is 114 Å². The number of ether oxygens (including phenoxy) is 1. The van der Waals surface area contributed by atoms with Crippen LogP contribution < -0.4 is 0 Å². The molecular weight excluding hydrogens is 356 g/mol. The molecule has 2 rings (SSSR count). The number of methoxy groups -OCH3 is 1. The molecule has 0 spiro atoms. The molecule has 4 nitrogen and oxygen atoms in total. The van der Waals surface area contributed by atoms with E-state index >= 15 is 0 Å². The number of furan rings is 1. The van der Waals surface area contributed by atoms with Crippen LogP contribution in [0, 0.1) is 6.92 Å². The second-order valence-corrected chi connectivity index (χ2v) is 5.09. The number of esters is 1. The maximum atomic E-state index is 11.5. The number of benzene rings is 1. The number of hydrogen-bond donors (Lipinski definition) is 1. The third kappa shape index (κ3) is 1.85. The summed E-state index contributed by atoms with van der Waals surface area (Å²) in [5, 5.41) is 10.5. The molecule has 6 heteroatoms. The van der Waals surface area contributed by atoms with Crippen molar-refractivity contribution < 1.29 is 19.1 Å². The van der Waals surface area contributed by atoms with Crippen LogP contribution >= 0.6 is 31.9 Å². The van der Waals surface area contributed by atoms with Gasteiger partial charge in [-0.25, -0.2) is 4.79 Å². The molecule has 0 fully saturated rings. The predicted molar refractivity (Wildman–Crippen MR) is 69.4 cm³/mol. The molecule has 0 atom stereocenters. The summed E-state index contributed by atoms with van der Waals surface area (Å²) in [7, 11) is 1.29. The molecule has 0 saturated carbocycles. The van der Waals surface area contributed by atoms with E-state index in [9.17, 15) is 9.90 Å². The molecule has 90 valence electrons. The fourth-order valence-electron chi connectivity index (χ4n) is 1.56. The molecule has 0 aliphatic carbocycles. The summed E-state index contributed by atoms with van der Waals surface area (Å²) in [4.78, 5) is 11.5. The summed E-state index contributed by atoms with van der Waals surface area (Å²) in [5.74, 6) is -0.371. The highest BCUT2D eigenvalue weighted by Gasteiger charge is 2.22. The fraction of sp³-hybridized carbons (Fsp3) is 0.182. The van der Waals surface area contributed by atoms with Gasteiger partial charge in [-0.3, -0.25) is 0 Å². The van der Waals surface area contributed by atoms with Crippen molar-refractivity contribution in [3.63, 3.8) is 0 Å². The highest BCUT2D eigenvalue weighted by molar-refractivity contribution is 9.11. The molecule has 1 aromatic carbocycles. The number of carbonyl (C=O) groups is 1. The third-order valence-corrected chi connectivity index (χ3v) is 3.81. The molecule has 0 aliphatic heterocycles. The summed E-state index contributed by atoms with van der Waals surface area (Å²) < 4.78 is 11.0. The van der Waals surface area contributed by atoms with Crippen LogP contribution in [-0.2, 0) is 4.74 Å². The van der Waals surface area contributed by atoms with Crippen molar-refractivity contribution in [2.75, 3.05) is 7.11 Å². The maximum absolute atomic E-state index is 11.5. The van der Waals surface area contributed by atoms with Gasteiger partial charge in [-0.05, 0) is 44.8 Å². The Bertz CT molecular complexity index is 616. The number of rotatable bonds is 1. The zero-order valence-corrected chi connectivity index (χ0v) is 12.2. The average molecular weight is 364 g/mol. The second kappa shape index (κ2) is 4.34. The molecule has 0 bridgehead atoms. The monoisotopic (exact) mass is 362 g/mol. The summed E-state index contributed by atoms with van der Waals surface area (Å²) >= 11 is 6.45. The van der Waals surface area contributed by atoms with E-state index in [2.05, 4.69) is 36.6 Å². The van der Waals surface area contributed by atoms with Crippen molar-refractivity contribution >= 4 is 48.8 Å². The van der Waals surface area contributed by atoms with Crippen molar-refractivity contribution in [1.82, 2.24) is 0 Å². The van der Waals surface area contributed by atoms with Crippen LogP contribution in [0.1, 0.15) is 16.1 Å². The van der Waals surface area contributed by atoms with Gasteiger partial charge in [-0.15, -0.1) is 0 Å². The molecule has 1 heterocycles. The van der Waals surface area contributed by atoms with Gasteiger partial charge < -0.3 is 14.3 Å². The van der Waals surface area contributed by atoms with Crippen LogP contribution in [0.5, 0.6) is 5.75 Å². The van der Waals surface area contributed by atoms with Crippen molar-refractivity contribution in [3.05, 3.63) is 26.3 Å². The molecule has 1 N–H and O–H groups in total. The smallest absolute Gasteiger partial charge is 0.374 e. The van der Waals surface area contributed by atoms with Gasteiger partial charge in [0, 0.05) is 10.9 Å². The lowest BCUT2D eigenvalue weighted by atomic mass is 10.1. The highest BCUT2D eigenvalue weighted by Crippen LogP contribution is 2.41. The number of phenolic OH excluding ortho intramolecular Hbond substituents is 1. The van der Waals surface area contributed by atoms with Crippen molar-refractivity contribution in [2.45, 2.75) is 6.92 Å². The number of aryl methyl sites for hydroxylation is 1. The normalized spacial score (nSPS) is 10.8. The zero-order chi connectivity index (χ0) is 12.7. The lowest BCUT2D eigenvalue weighted by Crippen LogP contribution is -2.00. The predicted octanol–water partition coefficient (Wildman–Crippen LogP) is 3.76. The minimum Gasteiger partial charge on any atom is -0.505 e. The van der Waals surface area contributed by atoms with E-state index in [0.717, 1.165) is 5.39 Å². The third-order valence-electron chi connectivity index (χ3n) is 2.47. The Kier molecular flexibility index (Phi) is 3.18. The van der Waals surface area contributed by atoms with Crippen molar-refractivity contribution in [1.29, 1.82) is 0 Å². The average Bonchev–Trinajstić information content (AvgIpc) is 2.64. The Hall–Kier alpha value is -1.01. The molecule has 17 heavy (non-hydrogen) atoms. The van der Waals surface area contributed by atoms with E-state index in [-0.39, 0.29) is 11.5 Å². The van der Waals surface area contributed by atoms with E-state index in [1.807, 2.05) is 0 Å². The number of halogens is 2. The molecule has 0 saturated heterocycles. The van der Waals surface area contributed by atoms with Gasteiger partial charge in [0.15, 0.2) is 5.58 Å². The van der Waals surface area contributed by atoms with Gasteiger partial charge in [-0.2, -0.15) is 0 Å². The minimum atomic E-state index is -0.541. The van der Waals surface area contributed by atoms with E-state index < -0.39 is 5.97 Å². The number of phenols is 1. The standard InChI is InChI=1S/C11H8Br2O4/c1-4-5-3-6(12)8(14)7(13)10(5)17-9(4)11(15)16-2/h3,14H,1-2H3. The number of carbonyl (C=O) groups excluding carboxylic acids is 1. The first-order valence-electron chi connectivity index (χ1n) is 4.65. The maximum Gasteiger partial charge on any atom is 0.374 e. The Morgan fingerprint density at radius 1 is 1.47 bits per heavy atom. The first-order valence-corrected chi connectivity index (χ1v) is 6.24. The largest absolute Gasteiger partial charge is 0.505 e. The fourth-order valence-corrected chi connectivity index (χ4v) is 2.76. The van der Waals surface area contributed by atoms with Crippen LogP contribution in [0.2, 0.25) is 0 Å². The van der Waals surface area contributed by atoms with E-state index in [1.54, 1.807) is 13.0 Å². The first-order chi connectivity index (χ1) is 7.97. The topological polar surface area (TPSA) is 59.7 Å². The number of aromatic hydroxyl groups is 1. The second-order valence-electron chi connectivity index (χ2n) is 3.45. The van der Waals surface area contributed by atoms with Crippen molar-refractivity contribution in [2.24, 2.45) is 0 Å². The van der Waals surface area contributed by atoms with E-state index in [4.69, 9.17) is 4.42 Å². The minimum absolute atomic E-state index is 0.0302. The Balaban J connectivity index is 2.83. The van der Waals surface area contributed by atoms with Crippen LogP contribution in [0.25, 0.3) is 11.0 Å². The summed E-state index contributed by atoms with van der Waals surface area (Å²) in [6, 6.07) is 1.70. The van der Waals surface area contributed by atoms with Gasteiger partial charge >= 0.3 is 5.97 Å². The van der Waals surface area contributed by atoms with Crippen molar-refractivity contribution in [3.8, 4) is 5.75 Å². The summed E-state index contributed by atoms with van der Waals surface area (Å²) in [6.45, 7) is 1.76. The molecule has 0 radical (unpaired) electrons. The van der Waals surface area contributed by atoms with E-state index in [1.165, 1.54) is 7.11 Å². The molecule has 1 aromatic heterocycles. The molecule has 2 aromatic rings. The van der Waals surface area contributed by atoms with Crippen LogP contribution in [0.4, 0.5) is 0 Å². The SMILES string of the molecule is COC(=O)c1oc2c(Br)c(O)c(Br)cc2c1C. The summed E-state index contributed by atoms with van der Waals surface area (Å²) in [5.41, 5.74) is 1.09. The van der Waals surface area contributed by atoms with Crippen LogP contribution in [0.3, 0.4) is 0 Å². The number of fused-ring (bicyclic) bond motifs is 1. The Morgan fingerprint density at radius 3 is 2.71 bits per heavy atom. The van der Waals surface area contributed by atoms with Gasteiger partial charge in [0.25, 0.3) is 0 Å². The number of hydrogen-bond acceptors (Lipinski definition) is 4. The van der Waals surface area contributed by atoms with Gasteiger partial charge in [-0.1, -0.05) is 0 Å². The zero-order valence-electron chi connectivity index (χ0n) is 9.01. The highest BCUT2D eigenvalue weighted by atomic mass is 79.9. The Morgan fingerprint density at radius 2 is 2.12 bits per heavy atom. The van der Waals surface area contributed by atoms with Gasteiger partial charge in [0.05, 0.1) is 11.6 Å². The molecule has 0 amide bonds. The first kappa shape index (κ1) is 12.4. The molecule has 0 aliphatic rings. The van der Waals surface area contributed by atoms with Gasteiger partial charge in [0.2, 0.25) is 5.76 Å². The summed E-state index contributed by atoms with van der Waals surface area (Å²) in [6.07, 6.45) is 0. The van der Waals surface area contributed by atoms with Crippen LogP contribution in [-0.4, -0.2) is 18.2 Å². The van der Waals surface area contributed by atoms with E-state index in [0.29, 0.717) is 20.1 Å². The lowest BCUT2D eigenvalue weighted by molar-refractivity contribution is 0.0566.